The van der Waals surface area contributed by atoms with E-state index >= 15 is 0 Å². The Morgan fingerprint density at radius 1 is 1.25 bits per heavy atom. The SMILES string of the molecule is CC(=O)n1c(C(C)C)c(C)c2ccccc21. The first-order valence-electron chi connectivity index (χ1n) is 5.65. The average molecular weight is 215 g/mol. The van der Waals surface area contributed by atoms with E-state index in [-0.39, 0.29) is 5.91 Å². The Morgan fingerprint density at radius 2 is 1.88 bits per heavy atom. The van der Waals surface area contributed by atoms with E-state index in [4.69, 9.17) is 0 Å². The van der Waals surface area contributed by atoms with E-state index in [1.165, 1.54) is 10.9 Å². The second kappa shape index (κ2) is 3.78. The molecule has 1 aromatic carbocycles. The number of carbonyl (C=O) groups excluding carboxylic acids is 1. The molecule has 0 saturated carbocycles. The number of nitrogens with zero attached hydrogens (tertiary/aromatic N) is 1. The molecule has 0 aliphatic rings. The van der Waals surface area contributed by atoms with E-state index in [2.05, 4.69) is 26.8 Å². The number of aryl methyl sites for hydroxylation is 1. The number of aromatic nitrogens is 1. The molecule has 0 atom stereocenters. The van der Waals surface area contributed by atoms with Gasteiger partial charge in [-0.1, -0.05) is 32.0 Å². The van der Waals surface area contributed by atoms with Crippen LogP contribution in [0, 0.1) is 6.92 Å². The lowest BCUT2D eigenvalue weighted by atomic mass is 10.0. The number of hydrogen-bond acceptors (Lipinski definition) is 1. The highest BCUT2D eigenvalue weighted by Gasteiger charge is 2.18. The minimum atomic E-state index is 0.0907. The van der Waals surface area contributed by atoms with Gasteiger partial charge in [-0.25, -0.2) is 0 Å². The van der Waals surface area contributed by atoms with E-state index in [0.717, 1.165) is 11.2 Å². The highest BCUT2D eigenvalue weighted by Crippen LogP contribution is 2.30. The summed E-state index contributed by atoms with van der Waals surface area (Å²) in [6.45, 7) is 7.97. The Morgan fingerprint density at radius 3 is 2.44 bits per heavy atom. The molecule has 0 unspecified atom stereocenters. The Kier molecular flexibility index (Phi) is 2.58. The molecule has 2 rings (SSSR count). The zero-order valence-corrected chi connectivity index (χ0v) is 10.2. The van der Waals surface area contributed by atoms with Gasteiger partial charge in [0.15, 0.2) is 0 Å². The monoisotopic (exact) mass is 215 g/mol. The topological polar surface area (TPSA) is 22.0 Å². The van der Waals surface area contributed by atoms with Crippen LogP contribution < -0.4 is 0 Å². The molecule has 0 bridgehead atoms. The van der Waals surface area contributed by atoms with Gasteiger partial charge >= 0.3 is 0 Å². The van der Waals surface area contributed by atoms with Gasteiger partial charge in [-0.3, -0.25) is 9.36 Å². The van der Waals surface area contributed by atoms with Gasteiger partial charge in [-0.15, -0.1) is 0 Å². The largest absolute Gasteiger partial charge is 0.284 e. The van der Waals surface area contributed by atoms with Crippen molar-refractivity contribution in [1.82, 2.24) is 4.57 Å². The summed E-state index contributed by atoms with van der Waals surface area (Å²) in [5.41, 5.74) is 3.38. The predicted octanol–water partition coefficient (Wildman–Crippen LogP) is 3.73. The van der Waals surface area contributed by atoms with Crippen molar-refractivity contribution in [2.75, 3.05) is 0 Å². The maximum Gasteiger partial charge on any atom is 0.228 e. The van der Waals surface area contributed by atoms with Gasteiger partial charge in [0.05, 0.1) is 5.52 Å². The van der Waals surface area contributed by atoms with Gasteiger partial charge in [0.1, 0.15) is 0 Å². The molecule has 0 amide bonds. The van der Waals surface area contributed by atoms with Crippen molar-refractivity contribution >= 4 is 16.8 Å². The molecular weight excluding hydrogens is 198 g/mol. The predicted molar refractivity (Wildman–Crippen MR) is 67.1 cm³/mol. The first-order valence-corrected chi connectivity index (χ1v) is 5.65. The maximum atomic E-state index is 11.8. The summed E-state index contributed by atoms with van der Waals surface area (Å²) >= 11 is 0. The van der Waals surface area contributed by atoms with Crippen LogP contribution in [0.25, 0.3) is 10.9 Å². The van der Waals surface area contributed by atoms with E-state index in [1.807, 2.05) is 22.8 Å². The zero-order chi connectivity index (χ0) is 11.9. The molecule has 1 heterocycles. The Labute approximate surface area is 95.9 Å². The number of benzene rings is 1. The van der Waals surface area contributed by atoms with E-state index < -0.39 is 0 Å². The van der Waals surface area contributed by atoms with Crippen molar-refractivity contribution in [3.05, 3.63) is 35.5 Å². The molecule has 0 N–H and O–H groups in total. The van der Waals surface area contributed by atoms with Crippen LogP contribution in [0.4, 0.5) is 0 Å². The maximum absolute atomic E-state index is 11.8. The first kappa shape index (κ1) is 10.9. The summed E-state index contributed by atoms with van der Waals surface area (Å²) in [6.07, 6.45) is 0. The molecular formula is C14H17NO. The summed E-state index contributed by atoms with van der Waals surface area (Å²) in [5, 5.41) is 1.18. The molecule has 0 aliphatic heterocycles. The molecule has 84 valence electrons. The average Bonchev–Trinajstić information content (AvgIpc) is 2.53. The standard InChI is InChI=1S/C14H17NO/c1-9(2)14-10(3)12-7-5-6-8-13(12)15(14)11(4)16/h5-9H,1-4H3. The Hall–Kier alpha value is -1.57. The van der Waals surface area contributed by atoms with Crippen molar-refractivity contribution in [1.29, 1.82) is 0 Å². The van der Waals surface area contributed by atoms with Crippen molar-refractivity contribution < 1.29 is 4.79 Å². The molecule has 0 spiro atoms. The molecule has 0 aliphatic carbocycles. The third kappa shape index (κ3) is 1.45. The smallest absolute Gasteiger partial charge is 0.228 e. The second-order valence-corrected chi connectivity index (χ2v) is 4.54. The van der Waals surface area contributed by atoms with Crippen molar-refractivity contribution in [2.24, 2.45) is 0 Å². The van der Waals surface area contributed by atoms with Gasteiger partial charge in [0.25, 0.3) is 0 Å². The number of rotatable bonds is 1. The molecule has 0 radical (unpaired) electrons. The molecule has 1 aromatic heterocycles. The number of para-hydroxylation sites is 1. The lowest BCUT2D eigenvalue weighted by molar-refractivity contribution is 0.0937. The number of fused-ring (bicyclic) bond motifs is 1. The third-order valence-electron chi connectivity index (χ3n) is 3.04. The van der Waals surface area contributed by atoms with Gasteiger partial charge in [-0.2, -0.15) is 0 Å². The van der Waals surface area contributed by atoms with Crippen LogP contribution in [0.2, 0.25) is 0 Å². The molecule has 2 aromatic rings. The minimum absolute atomic E-state index is 0.0907. The summed E-state index contributed by atoms with van der Waals surface area (Å²) in [5.74, 6) is 0.448. The van der Waals surface area contributed by atoms with E-state index in [0.29, 0.717) is 5.92 Å². The summed E-state index contributed by atoms with van der Waals surface area (Å²) in [4.78, 5) is 11.8. The van der Waals surface area contributed by atoms with Gasteiger partial charge in [-0.05, 0) is 24.5 Å². The van der Waals surface area contributed by atoms with Crippen LogP contribution in [0.5, 0.6) is 0 Å². The van der Waals surface area contributed by atoms with Crippen LogP contribution in [-0.2, 0) is 0 Å². The van der Waals surface area contributed by atoms with E-state index in [1.54, 1.807) is 6.92 Å². The fraction of sp³-hybridized carbons (Fsp3) is 0.357. The minimum Gasteiger partial charge on any atom is -0.284 e. The van der Waals surface area contributed by atoms with Crippen LogP contribution in [-0.4, -0.2) is 10.5 Å². The normalized spacial score (nSPS) is 11.3. The third-order valence-corrected chi connectivity index (χ3v) is 3.04. The fourth-order valence-electron chi connectivity index (χ4n) is 2.45. The Balaban J connectivity index is 2.92. The zero-order valence-electron chi connectivity index (χ0n) is 10.2. The summed E-state index contributed by atoms with van der Waals surface area (Å²) in [6, 6.07) is 8.08. The molecule has 0 fully saturated rings. The van der Waals surface area contributed by atoms with Crippen LogP contribution in [0.3, 0.4) is 0 Å². The van der Waals surface area contributed by atoms with E-state index in [9.17, 15) is 4.79 Å². The van der Waals surface area contributed by atoms with Gasteiger partial charge < -0.3 is 0 Å². The lowest BCUT2D eigenvalue weighted by Gasteiger charge is -2.10. The highest BCUT2D eigenvalue weighted by atomic mass is 16.1. The summed E-state index contributed by atoms with van der Waals surface area (Å²) < 4.78 is 1.84. The van der Waals surface area contributed by atoms with Crippen LogP contribution >= 0.6 is 0 Å². The van der Waals surface area contributed by atoms with Gasteiger partial charge in [0.2, 0.25) is 5.91 Å². The second-order valence-electron chi connectivity index (χ2n) is 4.54. The van der Waals surface area contributed by atoms with Crippen molar-refractivity contribution in [2.45, 2.75) is 33.6 Å². The van der Waals surface area contributed by atoms with Crippen LogP contribution in [0.1, 0.15) is 42.7 Å². The number of carbonyl (C=O) groups is 1. The molecule has 2 heteroatoms. The van der Waals surface area contributed by atoms with Gasteiger partial charge in [0, 0.05) is 18.0 Å². The van der Waals surface area contributed by atoms with Crippen LogP contribution in [0.15, 0.2) is 24.3 Å². The quantitative estimate of drug-likeness (QED) is 0.710. The van der Waals surface area contributed by atoms with Crippen molar-refractivity contribution in [3.63, 3.8) is 0 Å². The van der Waals surface area contributed by atoms with Crippen molar-refractivity contribution in [3.8, 4) is 0 Å². The molecule has 16 heavy (non-hydrogen) atoms. The number of hydrogen-bond donors (Lipinski definition) is 0. The molecule has 2 nitrogen and oxygen atoms in total. The fourth-order valence-corrected chi connectivity index (χ4v) is 2.45. The first-order chi connectivity index (χ1) is 7.54. The Bertz CT molecular complexity index is 549. The lowest BCUT2D eigenvalue weighted by Crippen LogP contribution is -2.11. The summed E-state index contributed by atoms with van der Waals surface area (Å²) in [7, 11) is 0. The highest BCUT2D eigenvalue weighted by molar-refractivity contribution is 5.95. The molecule has 0 saturated heterocycles.